The van der Waals surface area contributed by atoms with Crippen molar-refractivity contribution in [2.24, 2.45) is 5.73 Å². The molecule has 0 aromatic heterocycles. The van der Waals surface area contributed by atoms with Crippen LogP contribution in [-0.2, 0) is 6.61 Å². The Bertz CT molecular complexity index is 602. The van der Waals surface area contributed by atoms with Gasteiger partial charge in [0.1, 0.15) is 18.4 Å². The summed E-state index contributed by atoms with van der Waals surface area (Å²) in [5, 5.41) is 0. The van der Waals surface area contributed by atoms with Gasteiger partial charge in [-0.15, -0.1) is 0 Å². The first-order chi connectivity index (χ1) is 9.88. The standard InChI is InChI=1S/C15H13F3INO/c16-15(17,18)14(20)12-7-6-11(8-13(12)19)21-9-10-4-2-1-3-5-10/h1-8,14H,9,20H2/t14-/m0/s1. The highest BCUT2D eigenvalue weighted by Gasteiger charge is 2.38. The van der Waals surface area contributed by atoms with Crippen LogP contribution in [-0.4, -0.2) is 6.18 Å². The van der Waals surface area contributed by atoms with E-state index in [4.69, 9.17) is 10.5 Å². The molecule has 0 saturated carbocycles. The third-order valence-electron chi connectivity index (χ3n) is 2.91. The topological polar surface area (TPSA) is 35.2 Å². The molecule has 0 aliphatic rings. The molecule has 112 valence electrons. The summed E-state index contributed by atoms with van der Waals surface area (Å²) < 4.78 is 43.9. The number of halogens is 4. The van der Waals surface area contributed by atoms with Crippen molar-refractivity contribution in [3.63, 3.8) is 0 Å². The molecule has 0 fully saturated rings. The van der Waals surface area contributed by atoms with Gasteiger partial charge < -0.3 is 10.5 Å². The van der Waals surface area contributed by atoms with Gasteiger partial charge in [0, 0.05) is 3.57 Å². The Balaban J connectivity index is 2.09. The van der Waals surface area contributed by atoms with E-state index in [1.165, 1.54) is 12.1 Å². The summed E-state index contributed by atoms with van der Waals surface area (Å²) in [6.07, 6.45) is -4.45. The second-order valence-corrected chi connectivity index (χ2v) is 5.64. The van der Waals surface area contributed by atoms with Gasteiger partial charge in [0.15, 0.2) is 0 Å². The van der Waals surface area contributed by atoms with Crippen LogP contribution in [0.2, 0.25) is 0 Å². The fourth-order valence-corrected chi connectivity index (χ4v) is 2.59. The predicted molar refractivity (Wildman–Crippen MR) is 82.9 cm³/mol. The zero-order valence-corrected chi connectivity index (χ0v) is 13.1. The lowest BCUT2D eigenvalue weighted by Gasteiger charge is -2.18. The Labute approximate surface area is 134 Å². The summed E-state index contributed by atoms with van der Waals surface area (Å²) in [7, 11) is 0. The third kappa shape index (κ3) is 4.34. The second kappa shape index (κ2) is 6.65. The van der Waals surface area contributed by atoms with Gasteiger partial charge in [0.05, 0.1) is 0 Å². The number of rotatable bonds is 4. The van der Waals surface area contributed by atoms with Crippen molar-refractivity contribution in [3.05, 3.63) is 63.2 Å². The monoisotopic (exact) mass is 407 g/mol. The van der Waals surface area contributed by atoms with Crippen LogP contribution in [0.25, 0.3) is 0 Å². The molecule has 0 aliphatic carbocycles. The lowest BCUT2D eigenvalue weighted by atomic mass is 10.1. The smallest absolute Gasteiger partial charge is 0.407 e. The highest BCUT2D eigenvalue weighted by atomic mass is 127. The van der Waals surface area contributed by atoms with E-state index in [2.05, 4.69) is 0 Å². The fourth-order valence-electron chi connectivity index (χ4n) is 1.77. The van der Waals surface area contributed by atoms with E-state index in [0.29, 0.717) is 15.9 Å². The largest absolute Gasteiger partial charge is 0.489 e. The minimum atomic E-state index is -4.45. The quantitative estimate of drug-likeness (QED) is 0.762. The zero-order chi connectivity index (χ0) is 15.5. The lowest BCUT2D eigenvalue weighted by Crippen LogP contribution is -2.29. The van der Waals surface area contributed by atoms with Crippen molar-refractivity contribution in [1.29, 1.82) is 0 Å². The highest BCUT2D eigenvalue weighted by Crippen LogP contribution is 2.34. The molecule has 1 atom stereocenters. The van der Waals surface area contributed by atoms with Gasteiger partial charge in [0.2, 0.25) is 0 Å². The summed E-state index contributed by atoms with van der Waals surface area (Å²) in [6, 6.07) is 12.0. The Kier molecular flexibility index (Phi) is 5.10. The maximum Gasteiger partial charge on any atom is 0.407 e. The molecule has 2 aromatic carbocycles. The molecule has 0 saturated heterocycles. The van der Waals surface area contributed by atoms with Crippen LogP contribution in [0.3, 0.4) is 0 Å². The average Bonchev–Trinajstić information content (AvgIpc) is 2.45. The minimum absolute atomic E-state index is 0.0511. The highest BCUT2D eigenvalue weighted by molar-refractivity contribution is 14.1. The summed E-state index contributed by atoms with van der Waals surface area (Å²) in [5.74, 6) is 0.515. The zero-order valence-electron chi connectivity index (χ0n) is 10.9. The van der Waals surface area contributed by atoms with E-state index < -0.39 is 12.2 Å². The normalized spacial score (nSPS) is 13.0. The molecule has 0 bridgehead atoms. The van der Waals surface area contributed by atoms with E-state index in [1.807, 2.05) is 52.9 Å². The maximum atomic E-state index is 12.6. The molecule has 2 aromatic rings. The molecular formula is C15H13F3INO. The first-order valence-electron chi connectivity index (χ1n) is 6.16. The van der Waals surface area contributed by atoms with Gasteiger partial charge in [-0.25, -0.2) is 0 Å². The summed E-state index contributed by atoms with van der Waals surface area (Å²) >= 11 is 1.84. The van der Waals surface area contributed by atoms with Gasteiger partial charge in [-0.1, -0.05) is 36.4 Å². The first-order valence-corrected chi connectivity index (χ1v) is 7.24. The molecular weight excluding hydrogens is 394 g/mol. The van der Waals surface area contributed by atoms with Crippen molar-refractivity contribution in [2.45, 2.75) is 18.8 Å². The number of nitrogens with two attached hydrogens (primary N) is 1. The molecule has 2 rings (SSSR count). The van der Waals surface area contributed by atoms with Gasteiger partial charge in [-0.3, -0.25) is 0 Å². The van der Waals surface area contributed by atoms with Gasteiger partial charge in [-0.05, 0) is 45.9 Å². The molecule has 6 heteroatoms. The average molecular weight is 407 g/mol. The Morgan fingerprint density at radius 2 is 1.76 bits per heavy atom. The number of hydrogen-bond acceptors (Lipinski definition) is 2. The van der Waals surface area contributed by atoms with Gasteiger partial charge in [0.25, 0.3) is 0 Å². The van der Waals surface area contributed by atoms with Crippen LogP contribution in [0.5, 0.6) is 5.75 Å². The minimum Gasteiger partial charge on any atom is -0.489 e. The molecule has 0 heterocycles. The van der Waals surface area contributed by atoms with Crippen molar-refractivity contribution in [3.8, 4) is 5.75 Å². The van der Waals surface area contributed by atoms with Crippen molar-refractivity contribution < 1.29 is 17.9 Å². The second-order valence-electron chi connectivity index (χ2n) is 4.48. The summed E-state index contributed by atoms with van der Waals surface area (Å²) in [6.45, 7) is 0.363. The van der Waals surface area contributed by atoms with Crippen molar-refractivity contribution in [1.82, 2.24) is 0 Å². The van der Waals surface area contributed by atoms with E-state index in [9.17, 15) is 13.2 Å². The molecule has 0 spiro atoms. The fraction of sp³-hybridized carbons (Fsp3) is 0.200. The SMILES string of the molecule is N[C@@H](c1ccc(OCc2ccccc2)cc1I)C(F)(F)F. The molecule has 2 nitrogen and oxygen atoms in total. The third-order valence-corrected chi connectivity index (χ3v) is 3.84. The van der Waals surface area contributed by atoms with Crippen molar-refractivity contribution >= 4 is 22.6 Å². The van der Waals surface area contributed by atoms with Gasteiger partial charge >= 0.3 is 6.18 Å². The molecule has 0 aliphatic heterocycles. The number of hydrogen-bond donors (Lipinski definition) is 1. The van der Waals surface area contributed by atoms with E-state index in [1.54, 1.807) is 6.07 Å². The summed E-state index contributed by atoms with van der Waals surface area (Å²) in [4.78, 5) is 0. The van der Waals surface area contributed by atoms with Crippen LogP contribution in [0.15, 0.2) is 48.5 Å². The molecule has 0 unspecified atom stereocenters. The maximum absolute atomic E-state index is 12.6. The Hall–Kier alpha value is -1.28. The van der Waals surface area contributed by atoms with E-state index in [-0.39, 0.29) is 5.56 Å². The Morgan fingerprint density at radius 3 is 2.33 bits per heavy atom. The van der Waals surface area contributed by atoms with Gasteiger partial charge in [-0.2, -0.15) is 13.2 Å². The van der Waals surface area contributed by atoms with Crippen LogP contribution in [0.4, 0.5) is 13.2 Å². The van der Waals surface area contributed by atoms with E-state index >= 15 is 0 Å². The van der Waals surface area contributed by atoms with Crippen LogP contribution < -0.4 is 10.5 Å². The predicted octanol–water partition coefficient (Wildman–Crippen LogP) is 4.43. The molecule has 0 amide bonds. The van der Waals surface area contributed by atoms with Crippen molar-refractivity contribution in [2.75, 3.05) is 0 Å². The Morgan fingerprint density at radius 1 is 1.10 bits per heavy atom. The lowest BCUT2D eigenvalue weighted by molar-refractivity contribution is -0.149. The molecule has 2 N–H and O–H groups in total. The summed E-state index contributed by atoms with van der Waals surface area (Å²) in [5.41, 5.74) is 6.26. The number of ether oxygens (including phenoxy) is 1. The van der Waals surface area contributed by atoms with Crippen LogP contribution in [0.1, 0.15) is 17.2 Å². The first kappa shape index (κ1) is 16.1. The number of alkyl halides is 3. The molecule has 21 heavy (non-hydrogen) atoms. The number of benzene rings is 2. The van der Waals surface area contributed by atoms with Crippen LogP contribution in [0, 0.1) is 3.57 Å². The van der Waals surface area contributed by atoms with Crippen LogP contribution >= 0.6 is 22.6 Å². The molecule has 0 radical (unpaired) electrons. The van der Waals surface area contributed by atoms with E-state index in [0.717, 1.165) is 5.56 Å².